The highest BCUT2D eigenvalue weighted by Gasteiger charge is 2.41. The van der Waals surface area contributed by atoms with Gasteiger partial charge in [-0.2, -0.15) is 0 Å². The molecule has 0 bridgehead atoms. The minimum Gasteiger partial charge on any atom is -0.381 e. The molecule has 1 amide bonds. The van der Waals surface area contributed by atoms with Crippen LogP contribution in [0.4, 0.5) is 0 Å². The number of hydrogen-bond acceptors (Lipinski definition) is 3. The number of amides is 1. The summed E-state index contributed by atoms with van der Waals surface area (Å²) in [5.74, 6) is 0.125. The van der Waals surface area contributed by atoms with E-state index in [4.69, 9.17) is 4.74 Å². The van der Waals surface area contributed by atoms with Crippen molar-refractivity contribution >= 4 is 18.3 Å². The van der Waals surface area contributed by atoms with E-state index in [0.29, 0.717) is 19.8 Å². The third-order valence-corrected chi connectivity index (χ3v) is 6.07. The van der Waals surface area contributed by atoms with E-state index in [1.807, 2.05) is 0 Å². The highest BCUT2D eigenvalue weighted by Crippen LogP contribution is 2.35. The van der Waals surface area contributed by atoms with Crippen molar-refractivity contribution < 1.29 is 9.53 Å². The molecule has 150 valence electrons. The van der Waals surface area contributed by atoms with Crippen molar-refractivity contribution in [3.63, 3.8) is 0 Å². The molecule has 2 heterocycles. The first-order chi connectivity index (χ1) is 13.2. The van der Waals surface area contributed by atoms with Gasteiger partial charge in [0.2, 0.25) is 5.91 Å². The maximum atomic E-state index is 13.4. The molecule has 2 aliphatic heterocycles. The summed E-state index contributed by atoms with van der Waals surface area (Å²) in [6.07, 6.45) is 2.51. The second kappa shape index (κ2) is 9.08. The topological polar surface area (TPSA) is 50.4 Å². The molecule has 1 unspecified atom stereocenters. The SMILES string of the molecule is Cc1ccc(C2(C(=O)NCC3NCCc4ccccc43)CCOCC2)cc1.Cl. The van der Waals surface area contributed by atoms with E-state index in [2.05, 4.69) is 66.1 Å². The Morgan fingerprint density at radius 3 is 2.61 bits per heavy atom. The van der Waals surface area contributed by atoms with Crippen LogP contribution in [0.5, 0.6) is 0 Å². The number of nitrogens with one attached hydrogen (secondary N) is 2. The lowest BCUT2D eigenvalue weighted by Crippen LogP contribution is -2.50. The third-order valence-electron chi connectivity index (χ3n) is 6.07. The number of aryl methyl sites for hydroxylation is 1. The molecule has 4 nitrogen and oxygen atoms in total. The summed E-state index contributed by atoms with van der Waals surface area (Å²) in [6.45, 7) is 4.91. The Morgan fingerprint density at radius 2 is 1.86 bits per heavy atom. The van der Waals surface area contributed by atoms with Crippen LogP contribution in [0.2, 0.25) is 0 Å². The van der Waals surface area contributed by atoms with Crippen LogP contribution in [0.3, 0.4) is 0 Å². The fraction of sp³-hybridized carbons (Fsp3) is 0.435. The number of carbonyl (C=O) groups excluding carboxylic acids is 1. The molecule has 1 fully saturated rings. The Morgan fingerprint density at radius 1 is 1.14 bits per heavy atom. The summed E-state index contributed by atoms with van der Waals surface area (Å²) in [4.78, 5) is 13.4. The van der Waals surface area contributed by atoms with Crippen LogP contribution in [0, 0.1) is 6.92 Å². The second-order valence-corrected chi connectivity index (χ2v) is 7.73. The van der Waals surface area contributed by atoms with Gasteiger partial charge in [0, 0.05) is 25.8 Å². The monoisotopic (exact) mass is 400 g/mol. The highest BCUT2D eigenvalue weighted by atomic mass is 35.5. The zero-order valence-electron chi connectivity index (χ0n) is 16.4. The largest absolute Gasteiger partial charge is 0.381 e. The summed E-state index contributed by atoms with van der Waals surface area (Å²) in [7, 11) is 0. The maximum absolute atomic E-state index is 13.4. The van der Waals surface area contributed by atoms with Gasteiger partial charge in [-0.25, -0.2) is 0 Å². The molecule has 0 aromatic heterocycles. The normalized spacial score (nSPS) is 20.5. The van der Waals surface area contributed by atoms with Crippen molar-refractivity contribution in [3.8, 4) is 0 Å². The Hall–Kier alpha value is -1.88. The van der Waals surface area contributed by atoms with Gasteiger partial charge in [-0.1, -0.05) is 54.1 Å². The van der Waals surface area contributed by atoms with Crippen molar-refractivity contribution in [2.75, 3.05) is 26.3 Å². The summed E-state index contributed by atoms with van der Waals surface area (Å²) in [6, 6.07) is 17.1. The van der Waals surface area contributed by atoms with Gasteiger partial charge in [0.15, 0.2) is 0 Å². The van der Waals surface area contributed by atoms with E-state index in [1.165, 1.54) is 16.7 Å². The first kappa shape index (κ1) is 20.8. The van der Waals surface area contributed by atoms with Crippen LogP contribution in [0.1, 0.15) is 41.1 Å². The van der Waals surface area contributed by atoms with Gasteiger partial charge in [0.1, 0.15) is 0 Å². The molecule has 0 spiro atoms. The predicted octanol–water partition coefficient (Wildman–Crippen LogP) is 3.47. The molecule has 0 saturated carbocycles. The number of benzene rings is 2. The molecule has 2 aromatic carbocycles. The minimum atomic E-state index is -0.486. The summed E-state index contributed by atoms with van der Waals surface area (Å²) >= 11 is 0. The van der Waals surface area contributed by atoms with Crippen LogP contribution >= 0.6 is 12.4 Å². The highest BCUT2D eigenvalue weighted by molar-refractivity contribution is 5.88. The Kier molecular flexibility index (Phi) is 6.76. The van der Waals surface area contributed by atoms with E-state index in [9.17, 15) is 4.79 Å². The van der Waals surface area contributed by atoms with E-state index in [-0.39, 0.29) is 24.4 Å². The Labute approximate surface area is 173 Å². The first-order valence-electron chi connectivity index (χ1n) is 9.93. The predicted molar refractivity (Wildman–Crippen MR) is 114 cm³/mol. The van der Waals surface area contributed by atoms with Crippen molar-refractivity contribution in [1.29, 1.82) is 0 Å². The zero-order valence-corrected chi connectivity index (χ0v) is 17.2. The average Bonchev–Trinajstić information content (AvgIpc) is 2.73. The van der Waals surface area contributed by atoms with Crippen molar-refractivity contribution in [2.45, 2.75) is 37.6 Å². The van der Waals surface area contributed by atoms with E-state index in [1.54, 1.807) is 0 Å². The molecule has 2 N–H and O–H groups in total. The molecule has 1 atom stereocenters. The van der Waals surface area contributed by atoms with Crippen molar-refractivity contribution in [3.05, 3.63) is 70.8 Å². The molecule has 2 aliphatic rings. The van der Waals surface area contributed by atoms with Crippen LogP contribution in [-0.2, 0) is 21.4 Å². The summed E-state index contributed by atoms with van der Waals surface area (Å²) in [5.41, 5.74) is 4.52. The number of fused-ring (bicyclic) bond motifs is 1. The van der Waals surface area contributed by atoms with E-state index in [0.717, 1.165) is 31.4 Å². The van der Waals surface area contributed by atoms with Gasteiger partial charge in [-0.15, -0.1) is 12.4 Å². The molecular formula is C23H29ClN2O2. The van der Waals surface area contributed by atoms with Crippen LogP contribution in [-0.4, -0.2) is 32.2 Å². The van der Waals surface area contributed by atoms with Gasteiger partial charge in [-0.05, 0) is 49.4 Å². The Balaban J connectivity index is 0.00000225. The van der Waals surface area contributed by atoms with Crippen LogP contribution in [0.15, 0.2) is 48.5 Å². The Bertz CT molecular complexity index is 801. The number of carbonyl (C=O) groups is 1. The lowest BCUT2D eigenvalue weighted by Gasteiger charge is -2.37. The number of hydrogen-bond donors (Lipinski definition) is 2. The van der Waals surface area contributed by atoms with E-state index < -0.39 is 5.41 Å². The van der Waals surface area contributed by atoms with E-state index >= 15 is 0 Å². The fourth-order valence-corrected chi connectivity index (χ4v) is 4.38. The first-order valence-corrected chi connectivity index (χ1v) is 9.93. The molecule has 1 saturated heterocycles. The average molecular weight is 401 g/mol. The molecule has 28 heavy (non-hydrogen) atoms. The second-order valence-electron chi connectivity index (χ2n) is 7.73. The minimum absolute atomic E-state index is 0. The number of halogens is 1. The van der Waals surface area contributed by atoms with Gasteiger partial charge in [0.25, 0.3) is 0 Å². The number of ether oxygens (including phenoxy) is 1. The molecule has 4 rings (SSSR count). The number of rotatable bonds is 4. The van der Waals surface area contributed by atoms with Crippen molar-refractivity contribution in [1.82, 2.24) is 10.6 Å². The summed E-state index contributed by atoms with van der Waals surface area (Å²) < 4.78 is 5.57. The quantitative estimate of drug-likeness (QED) is 0.826. The maximum Gasteiger partial charge on any atom is 0.230 e. The standard InChI is InChI=1S/C23H28N2O2.ClH/c1-17-6-8-19(9-7-17)23(11-14-27-15-12-23)22(26)25-16-21-20-5-3-2-4-18(20)10-13-24-21;/h2-9,21,24H,10-16H2,1H3,(H,25,26);1H. The molecule has 0 aliphatic carbocycles. The fourth-order valence-electron chi connectivity index (χ4n) is 4.38. The molecule has 5 heteroatoms. The lowest BCUT2D eigenvalue weighted by molar-refractivity contribution is -0.130. The van der Waals surface area contributed by atoms with Gasteiger partial charge >= 0.3 is 0 Å². The molecule has 2 aromatic rings. The van der Waals surface area contributed by atoms with Crippen molar-refractivity contribution in [2.24, 2.45) is 0 Å². The van der Waals surface area contributed by atoms with Crippen LogP contribution < -0.4 is 10.6 Å². The van der Waals surface area contributed by atoms with Gasteiger partial charge in [-0.3, -0.25) is 4.79 Å². The smallest absolute Gasteiger partial charge is 0.230 e. The van der Waals surface area contributed by atoms with Gasteiger partial charge in [0.05, 0.1) is 5.41 Å². The third kappa shape index (κ3) is 4.09. The summed E-state index contributed by atoms with van der Waals surface area (Å²) in [5, 5.41) is 6.81. The molecular weight excluding hydrogens is 372 g/mol. The van der Waals surface area contributed by atoms with Gasteiger partial charge < -0.3 is 15.4 Å². The lowest BCUT2D eigenvalue weighted by atomic mass is 9.73. The van der Waals surface area contributed by atoms with Crippen LogP contribution in [0.25, 0.3) is 0 Å². The zero-order chi connectivity index (χ0) is 18.7. The molecule has 0 radical (unpaired) electrons.